The lowest BCUT2D eigenvalue weighted by Gasteiger charge is -2.30. The molecule has 3 amide bonds. The molecular formula is C48H55N5O11S. The Labute approximate surface area is 381 Å². The summed E-state index contributed by atoms with van der Waals surface area (Å²) in [6, 6.07) is 23.3. The topological polar surface area (TPSA) is 217 Å². The van der Waals surface area contributed by atoms with Crippen molar-refractivity contribution in [2.24, 2.45) is 10.4 Å². The van der Waals surface area contributed by atoms with Crippen LogP contribution in [0.3, 0.4) is 0 Å². The molecule has 0 aliphatic heterocycles. The number of nitrogens with one attached hydrogen (secondary N) is 2. The van der Waals surface area contributed by atoms with Crippen LogP contribution in [-0.2, 0) is 40.6 Å². The van der Waals surface area contributed by atoms with E-state index < -0.39 is 29.4 Å². The average Bonchev–Trinajstić information content (AvgIpc) is 3.61. The van der Waals surface area contributed by atoms with Crippen molar-refractivity contribution < 1.29 is 52.6 Å². The van der Waals surface area contributed by atoms with Gasteiger partial charge in [0, 0.05) is 28.1 Å². The predicted molar refractivity (Wildman–Crippen MR) is 244 cm³/mol. The van der Waals surface area contributed by atoms with Crippen LogP contribution in [0.4, 0.5) is 15.3 Å². The van der Waals surface area contributed by atoms with Crippen LogP contribution in [0, 0.1) is 5.41 Å². The first-order chi connectivity index (χ1) is 30.1. The number of aliphatic imine (C=N–C) groups is 1. The van der Waals surface area contributed by atoms with Gasteiger partial charge in [-0.3, -0.25) is 15.4 Å². The molecule has 5 aromatic rings. The number of guanidine groups is 1. The Kier molecular flexibility index (Phi) is 17.7. The molecule has 2 aromatic heterocycles. The molecule has 16 nitrogen and oxygen atoms in total. The second-order valence-corrected chi connectivity index (χ2v) is 19.9. The first-order valence-electron chi connectivity index (χ1n) is 20.3. The van der Waals surface area contributed by atoms with Gasteiger partial charge in [0.05, 0.1) is 16.8 Å². The predicted octanol–water partition coefficient (Wildman–Crippen LogP) is 9.52. The van der Waals surface area contributed by atoms with Gasteiger partial charge in [-0.25, -0.2) is 24.4 Å². The molecule has 2 N–H and O–H groups in total. The average molecular weight is 910 g/mol. The van der Waals surface area contributed by atoms with Crippen molar-refractivity contribution in [3.63, 3.8) is 0 Å². The van der Waals surface area contributed by atoms with Crippen LogP contribution >= 0.6 is 11.3 Å². The number of pyridine rings is 1. The van der Waals surface area contributed by atoms with Crippen molar-refractivity contribution in [2.75, 3.05) is 6.54 Å². The fraction of sp³-hybridized carbons (Fsp3) is 0.375. The molecule has 0 radical (unpaired) electrons. The highest BCUT2D eigenvalue weighted by molar-refractivity contribution is 7.19. The number of alkyl carbamates (subject to hydrolysis) is 2. The molecule has 0 saturated carbocycles. The second kappa shape index (κ2) is 22.0. The molecule has 3 aromatic carbocycles. The summed E-state index contributed by atoms with van der Waals surface area (Å²) in [5.41, 5.74) is 0.834. The van der Waals surface area contributed by atoms with Gasteiger partial charge in [0.25, 0.3) is 5.91 Å². The Hall–Kier alpha value is -7.06. The Bertz CT molecular complexity index is 2550. The van der Waals surface area contributed by atoms with Crippen molar-refractivity contribution in [2.45, 2.75) is 106 Å². The number of carbonyl (C=O) groups excluding carboxylic acids is 8. The van der Waals surface area contributed by atoms with Crippen LogP contribution in [0.2, 0.25) is 0 Å². The molecule has 0 unspecified atom stereocenters. The molecular weight excluding hydrogens is 855 g/mol. The van der Waals surface area contributed by atoms with Crippen LogP contribution in [0.25, 0.3) is 21.0 Å². The van der Waals surface area contributed by atoms with Crippen molar-refractivity contribution in [3.8, 4) is 5.75 Å². The Morgan fingerprint density at radius 1 is 0.692 bits per heavy atom. The first kappa shape index (κ1) is 52.3. The number of carbonyl (C=O) groups is 4. The van der Waals surface area contributed by atoms with E-state index in [0.29, 0.717) is 41.1 Å². The van der Waals surface area contributed by atoms with Crippen LogP contribution in [0.15, 0.2) is 83.9 Å². The molecule has 0 saturated heterocycles. The fourth-order valence-corrected chi connectivity index (χ4v) is 6.96. The summed E-state index contributed by atoms with van der Waals surface area (Å²) in [6.07, 6.45) is -1.16. The molecule has 2 heterocycles. The highest BCUT2D eigenvalue weighted by Crippen LogP contribution is 2.35. The van der Waals surface area contributed by atoms with Gasteiger partial charge in [-0.15, -0.1) is 11.3 Å². The number of rotatable bonds is 7. The Morgan fingerprint density at radius 3 is 1.78 bits per heavy atom. The van der Waals surface area contributed by atoms with Crippen molar-refractivity contribution in [1.82, 2.24) is 20.5 Å². The van der Waals surface area contributed by atoms with Crippen molar-refractivity contribution in [3.05, 3.63) is 101 Å². The number of amides is 3. The van der Waals surface area contributed by atoms with E-state index in [4.69, 9.17) is 38.4 Å². The molecule has 0 aliphatic rings. The molecule has 0 aliphatic carbocycles. The lowest BCUT2D eigenvalue weighted by Crippen LogP contribution is -2.47. The molecule has 0 fully saturated rings. The Balaban J connectivity index is 0.00000177. The van der Waals surface area contributed by atoms with Crippen molar-refractivity contribution in [1.29, 1.82) is 0 Å². The summed E-state index contributed by atoms with van der Waals surface area (Å²) in [4.78, 5) is 96.9. The maximum atomic E-state index is 14.1. The van der Waals surface area contributed by atoms with Gasteiger partial charge >= 0.3 is 30.5 Å². The SMILES string of the molecule is CC(C)(C)CN(Cc1ccc2sc(C(C)(C)C)cc2c1)C(=O)c1ccc2cc(OC(=O)c3ccc(N=C(NC(=O)OC(C)(C)C)NC(=O)OC(C)(C)C)cc3)ccc2n1.O=C=O.O=C=O. The smallest absolute Gasteiger partial charge is 0.414 e. The monoisotopic (exact) mass is 909 g/mol. The van der Waals surface area contributed by atoms with Gasteiger partial charge in [-0.05, 0) is 130 Å². The summed E-state index contributed by atoms with van der Waals surface area (Å²) < 4.78 is 17.5. The van der Waals surface area contributed by atoms with E-state index in [1.807, 2.05) is 4.90 Å². The van der Waals surface area contributed by atoms with Crippen LogP contribution in [-0.4, -0.2) is 70.0 Å². The van der Waals surface area contributed by atoms with Crippen LogP contribution in [0.1, 0.15) is 114 Å². The minimum absolute atomic E-state index is 0.0626. The van der Waals surface area contributed by atoms with Gasteiger partial charge in [0.1, 0.15) is 22.6 Å². The van der Waals surface area contributed by atoms with Crippen molar-refractivity contribution >= 4 is 80.3 Å². The van der Waals surface area contributed by atoms with Gasteiger partial charge in [-0.2, -0.15) is 19.2 Å². The van der Waals surface area contributed by atoms with E-state index >= 15 is 0 Å². The van der Waals surface area contributed by atoms with Crippen LogP contribution in [0.5, 0.6) is 5.75 Å². The van der Waals surface area contributed by atoms with Gasteiger partial charge < -0.3 is 19.1 Å². The summed E-state index contributed by atoms with van der Waals surface area (Å²) in [5.74, 6) is -0.722. The highest BCUT2D eigenvalue weighted by atomic mass is 32.1. The summed E-state index contributed by atoms with van der Waals surface area (Å²) in [6.45, 7) is 24.2. The highest BCUT2D eigenvalue weighted by Gasteiger charge is 2.25. The minimum Gasteiger partial charge on any atom is -0.444 e. The standard InChI is InChI=1S/C46H55N5O7S.2CO2/c1-43(2,3)27-51(26-28-13-22-36-31(23-28)25-37(59-36)44(4,5)6)38(52)35-20-16-30-24-33(19-21-34(30)48-35)56-39(53)29-14-17-32(18-15-29)47-40(49-41(54)57-45(7,8)9)50-42(55)58-46(10,11)12;2*2-1-3/h13-25H,26-27H2,1-12H3,(H2,47,49,50,54,55);;. The maximum Gasteiger partial charge on any atom is 0.414 e. The molecule has 344 valence electrons. The number of aromatic nitrogens is 1. The number of esters is 1. The van der Waals surface area contributed by atoms with E-state index in [2.05, 4.69) is 81.4 Å². The molecule has 5 rings (SSSR count). The van der Waals surface area contributed by atoms with E-state index in [1.165, 1.54) is 39.2 Å². The summed E-state index contributed by atoms with van der Waals surface area (Å²) >= 11 is 1.81. The third-order valence-electron chi connectivity index (χ3n) is 8.32. The zero-order valence-corrected chi connectivity index (χ0v) is 39.5. The lowest BCUT2D eigenvalue weighted by atomic mass is 9.94. The molecule has 0 spiro atoms. The number of hydrogen-bond acceptors (Lipinski definition) is 14. The zero-order chi connectivity index (χ0) is 48.9. The van der Waals surface area contributed by atoms with E-state index in [-0.39, 0.29) is 40.6 Å². The van der Waals surface area contributed by atoms with E-state index in [1.54, 1.807) is 83.2 Å². The molecule has 0 bridgehead atoms. The largest absolute Gasteiger partial charge is 0.444 e. The second-order valence-electron chi connectivity index (χ2n) is 18.8. The lowest BCUT2D eigenvalue weighted by molar-refractivity contribution is -0.193. The number of hydrogen-bond donors (Lipinski definition) is 2. The fourth-order valence-electron chi connectivity index (χ4n) is 5.86. The maximum absolute atomic E-state index is 14.1. The van der Waals surface area contributed by atoms with Gasteiger partial charge in [0.15, 0.2) is 0 Å². The van der Waals surface area contributed by atoms with Gasteiger partial charge in [-0.1, -0.05) is 53.7 Å². The minimum atomic E-state index is -0.832. The number of ether oxygens (including phenoxy) is 3. The Morgan fingerprint density at radius 2 is 1.26 bits per heavy atom. The number of thiophene rings is 1. The number of benzene rings is 3. The van der Waals surface area contributed by atoms with E-state index in [0.717, 1.165) is 5.56 Å². The number of nitrogens with zero attached hydrogens (tertiary/aromatic N) is 3. The quantitative estimate of drug-likeness (QED) is 0.0675. The van der Waals surface area contributed by atoms with Crippen LogP contribution < -0.4 is 15.4 Å². The first-order valence-corrected chi connectivity index (χ1v) is 21.1. The molecule has 17 heteroatoms. The third kappa shape index (κ3) is 17.6. The zero-order valence-electron chi connectivity index (χ0n) is 38.7. The summed E-state index contributed by atoms with van der Waals surface area (Å²) in [7, 11) is 0. The molecule has 0 atom stereocenters. The normalized spacial score (nSPS) is 11.3. The summed E-state index contributed by atoms with van der Waals surface area (Å²) in [5, 5.41) is 6.73. The third-order valence-corrected chi connectivity index (χ3v) is 9.86. The molecule has 65 heavy (non-hydrogen) atoms. The van der Waals surface area contributed by atoms with E-state index in [9.17, 15) is 19.2 Å². The number of fused-ring (bicyclic) bond motifs is 2. The van der Waals surface area contributed by atoms with Gasteiger partial charge in [0.2, 0.25) is 5.96 Å².